The molecular formula is C34H39FN6O2. The topological polar surface area (TPSA) is 73.7 Å². The van der Waals surface area contributed by atoms with E-state index < -0.39 is 5.82 Å². The molecule has 0 spiro atoms. The normalized spacial score (nSPS) is 14.2. The quantitative estimate of drug-likeness (QED) is 0.297. The van der Waals surface area contributed by atoms with Crippen LogP contribution in [0.5, 0.6) is 0 Å². The van der Waals surface area contributed by atoms with Crippen molar-refractivity contribution in [1.29, 1.82) is 0 Å². The summed E-state index contributed by atoms with van der Waals surface area (Å²) in [6.45, 7) is 10.6. The van der Waals surface area contributed by atoms with Gasteiger partial charge in [0, 0.05) is 44.8 Å². The predicted octanol–water partition coefficient (Wildman–Crippen LogP) is 4.52. The summed E-state index contributed by atoms with van der Waals surface area (Å²) >= 11 is 0. The van der Waals surface area contributed by atoms with Gasteiger partial charge in [0.2, 0.25) is 0 Å². The summed E-state index contributed by atoms with van der Waals surface area (Å²) in [6.07, 6.45) is 3.64. The molecule has 4 aromatic rings. The van der Waals surface area contributed by atoms with Crippen molar-refractivity contribution < 1.29 is 9.18 Å². The Labute approximate surface area is 252 Å². The zero-order chi connectivity index (χ0) is 30.3. The Morgan fingerprint density at radius 3 is 2.35 bits per heavy atom. The lowest BCUT2D eigenvalue weighted by atomic mass is 10.1. The Morgan fingerprint density at radius 1 is 0.977 bits per heavy atom. The minimum absolute atomic E-state index is 0.111. The molecule has 1 saturated heterocycles. The molecule has 5 rings (SSSR count). The molecular weight excluding hydrogens is 543 g/mol. The van der Waals surface area contributed by atoms with Crippen LogP contribution in [0.4, 0.5) is 10.1 Å². The number of amides is 1. The first-order valence-electron chi connectivity index (χ1n) is 14.9. The van der Waals surface area contributed by atoms with E-state index in [4.69, 9.17) is 4.98 Å². The summed E-state index contributed by atoms with van der Waals surface area (Å²) in [5.41, 5.74) is 2.65. The largest absolute Gasteiger partial charge is 0.367 e. The number of nitrogens with zero attached hydrogens (tertiary/aromatic N) is 5. The van der Waals surface area contributed by atoms with Crippen LogP contribution < -0.4 is 15.8 Å². The van der Waals surface area contributed by atoms with Crippen LogP contribution >= 0.6 is 0 Å². The number of anilines is 1. The van der Waals surface area contributed by atoms with Crippen LogP contribution in [0.1, 0.15) is 35.6 Å². The number of halogens is 1. The highest BCUT2D eigenvalue weighted by Gasteiger charge is 2.20. The van der Waals surface area contributed by atoms with Gasteiger partial charge in [-0.1, -0.05) is 50.3 Å². The third kappa shape index (κ3) is 7.01. The average Bonchev–Trinajstić information content (AvgIpc) is 3.03. The molecule has 3 aromatic carbocycles. The Balaban J connectivity index is 1.44. The van der Waals surface area contributed by atoms with E-state index in [1.54, 1.807) is 24.3 Å². The van der Waals surface area contributed by atoms with Gasteiger partial charge < -0.3 is 20.0 Å². The number of para-hydroxylation sites is 1. The number of hydrogen-bond acceptors (Lipinski definition) is 6. The van der Waals surface area contributed by atoms with Gasteiger partial charge in [0.15, 0.2) is 0 Å². The first kappa shape index (κ1) is 30.1. The van der Waals surface area contributed by atoms with Crippen molar-refractivity contribution >= 4 is 34.6 Å². The molecule has 1 aliphatic rings. The molecule has 0 radical (unpaired) electrons. The lowest BCUT2D eigenvalue weighted by Crippen LogP contribution is -2.44. The van der Waals surface area contributed by atoms with Gasteiger partial charge in [-0.25, -0.2) is 9.37 Å². The molecule has 1 aliphatic heterocycles. The van der Waals surface area contributed by atoms with Gasteiger partial charge in [0.05, 0.1) is 22.3 Å². The van der Waals surface area contributed by atoms with Gasteiger partial charge in [-0.3, -0.25) is 14.2 Å². The second kappa shape index (κ2) is 13.8. The van der Waals surface area contributed by atoms with Crippen LogP contribution in [0.25, 0.3) is 28.7 Å². The number of likely N-dealkylation sites (N-methyl/N-ethyl adjacent to an activating group) is 2. The standard InChI is InChI=1S/C34H39FN6O2/c1-4-39(5-2)18-17-36-33(42)26-14-11-25(12-15-26)13-16-32-37-30-24-31(40-21-19-38(3)20-22-40)29(35)23-28(30)34(43)41(32)27-9-7-6-8-10-27/h6-16,23-24H,4-5,17-22H2,1-3H3,(H,36,42)/b16-13+. The highest BCUT2D eigenvalue weighted by Crippen LogP contribution is 2.26. The summed E-state index contributed by atoms with van der Waals surface area (Å²) in [4.78, 5) is 37.7. The number of aromatic nitrogens is 2. The molecule has 8 nitrogen and oxygen atoms in total. The molecule has 9 heteroatoms. The van der Waals surface area contributed by atoms with Gasteiger partial charge in [-0.15, -0.1) is 0 Å². The fourth-order valence-corrected chi connectivity index (χ4v) is 5.33. The second-order valence-electron chi connectivity index (χ2n) is 10.8. The summed E-state index contributed by atoms with van der Waals surface area (Å²) in [6, 6.07) is 19.5. The monoisotopic (exact) mass is 582 g/mol. The van der Waals surface area contributed by atoms with Crippen LogP contribution in [-0.2, 0) is 0 Å². The number of benzene rings is 3. The first-order chi connectivity index (χ1) is 20.9. The van der Waals surface area contributed by atoms with Gasteiger partial charge in [0.25, 0.3) is 11.5 Å². The van der Waals surface area contributed by atoms with Gasteiger partial charge in [-0.2, -0.15) is 0 Å². The lowest BCUT2D eigenvalue weighted by molar-refractivity contribution is 0.0949. The van der Waals surface area contributed by atoms with Crippen molar-refractivity contribution in [2.45, 2.75) is 13.8 Å². The molecule has 0 unspecified atom stereocenters. The number of hydrogen-bond donors (Lipinski definition) is 1. The van der Waals surface area contributed by atoms with E-state index in [1.165, 1.54) is 10.6 Å². The molecule has 1 N–H and O–H groups in total. The highest BCUT2D eigenvalue weighted by atomic mass is 19.1. The van der Waals surface area contributed by atoms with Gasteiger partial charge in [0.1, 0.15) is 11.6 Å². The molecule has 0 bridgehead atoms. The third-order valence-electron chi connectivity index (χ3n) is 8.03. The van der Waals surface area contributed by atoms with Gasteiger partial charge >= 0.3 is 0 Å². The maximum Gasteiger partial charge on any atom is 0.266 e. The maximum atomic E-state index is 15.3. The molecule has 0 atom stereocenters. The number of carbonyl (C=O) groups is 1. The predicted molar refractivity (Wildman–Crippen MR) is 172 cm³/mol. The lowest BCUT2D eigenvalue weighted by Gasteiger charge is -2.34. The fourth-order valence-electron chi connectivity index (χ4n) is 5.33. The van der Waals surface area contributed by atoms with E-state index in [0.29, 0.717) is 47.9 Å². The second-order valence-corrected chi connectivity index (χ2v) is 10.8. The minimum Gasteiger partial charge on any atom is -0.367 e. The molecule has 1 fully saturated rings. The van der Waals surface area contributed by atoms with E-state index in [2.05, 4.69) is 36.0 Å². The average molecular weight is 583 g/mol. The van der Waals surface area contributed by atoms with Crippen LogP contribution in [0, 0.1) is 5.82 Å². The fraction of sp³-hybridized carbons (Fsp3) is 0.324. The summed E-state index contributed by atoms with van der Waals surface area (Å²) in [5.74, 6) is -0.103. The number of nitrogens with one attached hydrogen (secondary N) is 1. The van der Waals surface area contributed by atoms with Crippen molar-refractivity contribution in [3.8, 4) is 5.69 Å². The summed E-state index contributed by atoms with van der Waals surface area (Å²) in [7, 11) is 2.05. The van der Waals surface area contributed by atoms with E-state index >= 15 is 4.39 Å². The molecule has 2 heterocycles. The minimum atomic E-state index is -0.420. The number of carbonyl (C=O) groups excluding carboxylic acids is 1. The van der Waals surface area contributed by atoms with Crippen LogP contribution in [0.2, 0.25) is 0 Å². The first-order valence-corrected chi connectivity index (χ1v) is 14.9. The Hall–Kier alpha value is -4.34. The van der Waals surface area contributed by atoms with Crippen molar-refractivity contribution in [2.75, 3.05) is 64.3 Å². The van der Waals surface area contributed by atoms with E-state index in [0.717, 1.165) is 38.3 Å². The molecule has 1 aromatic heterocycles. The zero-order valence-corrected chi connectivity index (χ0v) is 25.1. The molecule has 0 aliphatic carbocycles. The van der Waals surface area contributed by atoms with Crippen LogP contribution in [-0.4, -0.2) is 84.7 Å². The smallest absolute Gasteiger partial charge is 0.266 e. The number of fused-ring (bicyclic) bond motifs is 1. The van der Waals surface area contributed by atoms with E-state index in [-0.39, 0.29) is 16.9 Å². The number of piperazine rings is 1. The summed E-state index contributed by atoms with van der Waals surface area (Å²) in [5, 5.41) is 3.21. The van der Waals surface area contributed by atoms with E-state index in [1.807, 2.05) is 53.4 Å². The molecule has 224 valence electrons. The summed E-state index contributed by atoms with van der Waals surface area (Å²) < 4.78 is 16.8. The van der Waals surface area contributed by atoms with Crippen LogP contribution in [0.3, 0.4) is 0 Å². The highest BCUT2D eigenvalue weighted by molar-refractivity contribution is 5.94. The SMILES string of the molecule is CCN(CC)CCNC(=O)c1ccc(/C=C/c2nc3cc(N4CCN(C)CC4)c(F)cc3c(=O)n2-c2ccccc2)cc1. The Bertz CT molecular complexity index is 1640. The number of rotatable bonds is 10. The van der Waals surface area contributed by atoms with Crippen molar-refractivity contribution in [3.63, 3.8) is 0 Å². The Morgan fingerprint density at radius 2 is 1.67 bits per heavy atom. The molecule has 1 amide bonds. The van der Waals surface area contributed by atoms with Crippen molar-refractivity contribution in [1.82, 2.24) is 24.7 Å². The van der Waals surface area contributed by atoms with Crippen molar-refractivity contribution in [2.24, 2.45) is 0 Å². The maximum absolute atomic E-state index is 15.3. The van der Waals surface area contributed by atoms with Gasteiger partial charge in [-0.05, 0) is 68.2 Å². The zero-order valence-electron chi connectivity index (χ0n) is 25.1. The third-order valence-corrected chi connectivity index (χ3v) is 8.03. The Kier molecular flexibility index (Phi) is 9.64. The molecule has 0 saturated carbocycles. The van der Waals surface area contributed by atoms with Crippen LogP contribution in [0.15, 0.2) is 71.5 Å². The van der Waals surface area contributed by atoms with E-state index in [9.17, 15) is 9.59 Å². The molecule has 43 heavy (non-hydrogen) atoms. The van der Waals surface area contributed by atoms with Crippen molar-refractivity contribution in [3.05, 3.63) is 99.9 Å².